The second-order valence-corrected chi connectivity index (χ2v) is 5.90. The number of aryl methyl sites for hydroxylation is 2. The van der Waals surface area contributed by atoms with Crippen molar-refractivity contribution in [1.82, 2.24) is 9.78 Å². The van der Waals surface area contributed by atoms with Crippen LogP contribution in [0.5, 0.6) is 11.5 Å². The number of carbonyl (C=O) groups is 1. The van der Waals surface area contributed by atoms with Crippen LogP contribution in [-0.2, 0) is 17.8 Å². The molecule has 7 heteroatoms. The van der Waals surface area contributed by atoms with E-state index < -0.39 is 0 Å². The Bertz CT molecular complexity index is 836. The van der Waals surface area contributed by atoms with Gasteiger partial charge >= 0.3 is 0 Å². The first-order chi connectivity index (χ1) is 12.1. The fourth-order valence-electron chi connectivity index (χ4n) is 2.91. The molecule has 1 aromatic carbocycles. The summed E-state index contributed by atoms with van der Waals surface area (Å²) in [5.41, 5.74) is 3.68. The Hall–Kier alpha value is -3.01. The van der Waals surface area contributed by atoms with E-state index in [1.54, 1.807) is 18.2 Å². The van der Waals surface area contributed by atoms with Gasteiger partial charge in [0, 0.05) is 23.9 Å². The molecule has 0 aliphatic carbocycles. The summed E-state index contributed by atoms with van der Waals surface area (Å²) in [6.07, 6.45) is 1.40. The van der Waals surface area contributed by atoms with E-state index in [-0.39, 0.29) is 12.7 Å². The minimum absolute atomic E-state index is 0.0672. The van der Waals surface area contributed by atoms with Gasteiger partial charge in [0.05, 0.1) is 24.7 Å². The predicted molar refractivity (Wildman–Crippen MR) is 91.4 cm³/mol. The van der Waals surface area contributed by atoms with E-state index >= 15 is 0 Å². The number of nitrogens with zero attached hydrogens (tertiary/aromatic N) is 3. The smallest absolute Gasteiger partial charge is 0.231 e. The minimum atomic E-state index is -0.0672. The molecule has 0 spiro atoms. The first kappa shape index (κ1) is 16.8. The molecule has 0 saturated carbocycles. The maximum Gasteiger partial charge on any atom is 0.231 e. The summed E-state index contributed by atoms with van der Waals surface area (Å²) in [5.74, 6) is 1.26. The van der Waals surface area contributed by atoms with Crippen LogP contribution in [0.3, 0.4) is 0 Å². The third-order valence-corrected chi connectivity index (χ3v) is 4.23. The molecule has 0 unspecified atom stereocenters. The van der Waals surface area contributed by atoms with Gasteiger partial charge in [-0.05, 0) is 38.0 Å². The Morgan fingerprint density at radius 2 is 2.16 bits per heavy atom. The molecule has 1 aliphatic rings. The summed E-state index contributed by atoms with van der Waals surface area (Å²) in [6, 6.07) is 7.46. The number of anilines is 1. The molecule has 1 amide bonds. The lowest BCUT2D eigenvalue weighted by atomic mass is 10.1. The zero-order valence-electron chi connectivity index (χ0n) is 14.3. The number of carbonyl (C=O) groups excluding carboxylic acids is 1. The Balaban J connectivity index is 1.59. The van der Waals surface area contributed by atoms with Gasteiger partial charge in [0.1, 0.15) is 0 Å². The topological polar surface area (TPSA) is 89.2 Å². The summed E-state index contributed by atoms with van der Waals surface area (Å²) < 4.78 is 12.4. The van der Waals surface area contributed by atoms with Crippen molar-refractivity contribution >= 4 is 11.6 Å². The predicted octanol–water partition coefficient (Wildman–Crippen LogP) is 2.71. The van der Waals surface area contributed by atoms with E-state index in [0.717, 1.165) is 17.0 Å². The van der Waals surface area contributed by atoms with Gasteiger partial charge in [-0.2, -0.15) is 10.4 Å². The molecule has 25 heavy (non-hydrogen) atoms. The van der Waals surface area contributed by atoms with Gasteiger partial charge in [0.25, 0.3) is 0 Å². The molecule has 2 heterocycles. The van der Waals surface area contributed by atoms with Crippen LogP contribution in [0.2, 0.25) is 0 Å². The largest absolute Gasteiger partial charge is 0.454 e. The molecular formula is C18H20N4O3. The van der Waals surface area contributed by atoms with E-state index in [4.69, 9.17) is 14.7 Å². The van der Waals surface area contributed by atoms with Crippen molar-refractivity contribution in [2.24, 2.45) is 0 Å². The van der Waals surface area contributed by atoms with Crippen LogP contribution in [0, 0.1) is 25.2 Å². The van der Waals surface area contributed by atoms with Crippen LogP contribution in [0.15, 0.2) is 18.2 Å². The fraction of sp³-hybridized carbons (Fsp3) is 0.389. The molecule has 1 aromatic heterocycles. The molecule has 0 radical (unpaired) electrons. The number of benzene rings is 1. The van der Waals surface area contributed by atoms with Crippen molar-refractivity contribution in [3.05, 3.63) is 35.2 Å². The Morgan fingerprint density at radius 1 is 1.36 bits per heavy atom. The second kappa shape index (κ2) is 7.26. The van der Waals surface area contributed by atoms with Gasteiger partial charge in [-0.25, -0.2) is 0 Å². The minimum Gasteiger partial charge on any atom is -0.454 e. The Morgan fingerprint density at radius 3 is 2.96 bits per heavy atom. The SMILES string of the molecule is Cc1nn(CCC#N)c(C)c1CCC(=O)Nc1ccc2c(c1)OCO2. The summed E-state index contributed by atoms with van der Waals surface area (Å²) in [7, 11) is 0. The number of hydrogen-bond donors (Lipinski definition) is 1. The molecule has 0 saturated heterocycles. The fourth-order valence-corrected chi connectivity index (χ4v) is 2.91. The first-order valence-electron chi connectivity index (χ1n) is 8.18. The average Bonchev–Trinajstić information content (AvgIpc) is 3.15. The molecule has 3 rings (SSSR count). The normalized spacial score (nSPS) is 12.0. The van der Waals surface area contributed by atoms with Gasteiger partial charge in [-0.1, -0.05) is 0 Å². The Labute approximate surface area is 146 Å². The third-order valence-electron chi connectivity index (χ3n) is 4.23. The third kappa shape index (κ3) is 3.74. The van der Waals surface area contributed by atoms with Crippen LogP contribution < -0.4 is 14.8 Å². The molecule has 130 valence electrons. The van der Waals surface area contributed by atoms with Crippen LogP contribution in [0.25, 0.3) is 0 Å². The van der Waals surface area contributed by atoms with E-state index in [1.807, 2.05) is 18.5 Å². The van der Waals surface area contributed by atoms with Crippen molar-refractivity contribution in [3.8, 4) is 17.6 Å². The second-order valence-electron chi connectivity index (χ2n) is 5.90. The van der Waals surface area contributed by atoms with Crippen LogP contribution >= 0.6 is 0 Å². The zero-order valence-corrected chi connectivity index (χ0v) is 14.3. The van der Waals surface area contributed by atoms with E-state index in [0.29, 0.717) is 43.0 Å². The molecule has 1 N–H and O–H groups in total. The van der Waals surface area contributed by atoms with Gasteiger partial charge in [0.2, 0.25) is 12.7 Å². The maximum atomic E-state index is 12.2. The molecule has 0 bridgehead atoms. The average molecular weight is 340 g/mol. The van der Waals surface area contributed by atoms with Crippen LogP contribution in [0.1, 0.15) is 29.8 Å². The molecule has 0 atom stereocenters. The molecule has 2 aromatic rings. The number of nitriles is 1. The van der Waals surface area contributed by atoms with Crippen molar-refractivity contribution in [2.75, 3.05) is 12.1 Å². The maximum absolute atomic E-state index is 12.2. The lowest BCUT2D eigenvalue weighted by Crippen LogP contribution is -2.12. The van der Waals surface area contributed by atoms with Crippen molar-refractivity contribution in [1.29, 1.82) is 5.26 Å². The highest BCUT2D eigenvalue weighted by molar-refractivity contribution is 5.91. The number of rotatable bonds is 6. The van der Waals surface area contributed by atoms with Gasteiger partial charge in [0.15, 0.2) is 11.5 Å². The summed E-state index contributed by atoms with van der Waals surface area (Å²) >= 11 is 0. The van der Waals surface area contributed by atoms with Crippen LogP contribution in [0.4, 0.5) is 5.69 Å². The van der Waals surface area contributed by atoms with Crippen molar-refractivity contribution < 1.29 is 14.3 Å². The lowest BCUT2D eigenvalue weighted by molar-refractivity contribution is -0.116. The standard InChI is InChI=1S/C18H20N4O3/c1-12-15(13(2)22(21-12)9-3-8-19)5-7-18(23)20-14-4-6-16-17(10-14)25-11-24-16/h4,6,10H,3,5,7,9,11H2,1-2H3,(H,20,23). The summed E-state index contributed by atoms with van der Waals surface area (Å²) in [5, 5.41) is 16.0. The van der Waals surface area contributed by atoms with E-state index in [1.165, 1.54) is 0 Å². The van der Waals surface area contributed by atoms with Gasteiger partial charge < -0.3 is 14.8 Å². The number of nitrogens with one attached hydrogen (secondary N) is 1. The van der Waals surface area contributed by atoms with Gasteiger partial charge in [-0.15, -0.1) is 0 Å². The summed E-state index contributed by atoms with van der Waals surface area (Å²) in [6.45, 7) is 4.69. The molecular weight excluding hydrogens is 320 g/mol. The van der Waals surface area contributed by atoms with Crippen molar-refractivity contribution in [3.63, 3.8) is 0 Å². The molecule has 0 fully saturated rings. The van der Waals surface area contributed by atoms with E-state index in [9.17, 15) is 4.79 Å². The number of aromatic nitrogens is 2. The number of amides is 1. The van der Waals surface area contributed by atoms with Crippen LogP contribution in [-0.4, -0.2) is 22.5 Å². The zero-order chi connectivity index (χ0) is 17.8. The number of ether oxygens (including phenoxy) is 2. The quantitative estimate of drug-likeness (QED) is 0.873. The van der Waals surface area contributed by atoms with Crippen molar-refractivity contribution in [2.45, 2.75) is 39.7 Å². The summed E-state index contributed by atoms with van der Waals surface area (Å²) in [4.78, 5) is 12.2. The highest BCUT2D eigenvalue weighted by Gasteiger charge is 2.15. The van der Waals surface area contributed by atoms with E-state index in [2.05, 4.69) is 16.5 Å². The molecule has 7 nitrogen and oxygen atoms in total. The number of fused-ring (bicyclic) bond motifs is 1. The lowest BCUT2D eigenvalue weighted by Gasteiger charge is -2.07. The Kier molecular flexibility index (Phi) is 4.89. The first-order valence-corrected chi connectivity index (χ1v) is 8.18. The highest BCUT2D eigenvalue weighted by Crippen LogP contribution is 2.34. The monoisotopic (exact) mass is 340 g/mol. The van der Waals surface area contributed by atoms with Gasteiger partial charge in [-0.3, -0.25) is 9.48 Å². The number of hydrogen-bond acceptors (Lipinski definition) is 5. The highest BCUT2D eigenvalue weighted by atomic mass is 16.7. The molecule has 1 aliphatic heterocycles.